The van der Waals surface area contributed by atoms with E-state index >= 15 is 0 Å². The molecule has 10 heteroatoms. The van der Waals surface area contributed by atoms with Gasteiger partial charge in [-0.1, -0.05) is 11.6 Å². The number of halogens is 4. The molecular formula is C15H16ClF3N2O4. The van der Waals surface area contributed by atoms with Gasteiger partial charge in [-0.2, -0.15) is 13.2 Å². The van der Waals surface area contributed by atoms with Crippen LogP contribution in [-0.2, 0) is 9.47 Å². The Hall–Kier alpha value is -2.29. The number of allylic oxidation sites excluding steroid dienone is 1. The number of hydrogen-bond acceptors (Lipinski definition) is 5. The summed E-state index contributed by atoms with van der Waals surface area (Å²) in [4.78, 5) is 27.2. The maximum atomic E-state index is 12.3. The topological polar surface area (TPSA) is 77.5 Å². The second-order valence-electron chi connectivity index (χ2n) is 5.75. The number of ether oxygens (including phenoxy) is 2. The first kappa shape index (κ1) is 20.8. The van der Waals surface area contributed by atoms with Crippen molar-refractivity contribution in [2.75, 3.05) is 12.4 Å². The molecule has 1 aromatic heterocycles. The van der Waals surface area contributed by atoms with Gasteiger partial charge in [0, 0.05) is 6.08 Å². The Morgan fingerprint density at radius 2 is 1.88 bits per heavy atom. The molecule has 1 amide bonds. The number of nitrogens with zero attached hydrogens (tertiary/aromatic N) is 1. The van der Waals surface area contributed by atoms with Crippen molar-refractivity contribution < 1.29 is 32.2 Å². The number of amides is 1. The first-order valence-electron chi connectivity index (χ1n) is 6.87. The molecule has 0 spiro atoms. The summed E-state index contributed by atoms with van der Waals surface area (Å²) >= 11 is 5.98. The van der Waals surface area contributed by atoms with Crippen molar-refractivity contribution in [2.24, 2.45) is 0 Å². The first-order chi connectivity index (χ1) is 11.3. The Morgan fingerprint density at radius 1 is 1.28 bits per heavy atom. The molecule has 138 valence electrons. The van der Waals surface area contributed by atoms with Crippen LogP contribution in [0, 0.1) is 0 Å². The van der Waals surface area contributed by atoms with Gasteiger partial charge in [0.05, 0.1) is 23.5 Å². The number of anilines is 1. The van der Waals surface area contributed by atoms with Gasteiger partial charge in [-0.25, -0.2) is 14.6 Å². The fourth-order valence-electron chi connectivity index (χ4n) is 1.55. The summed E-state index contributed by atoms with van der Waals surface area (Å²) in [5, 5.41) is 1.98. The van der Waals surface area contributed by atoms with E-state index in [1.165, 1.54) is 0 Å². The molecule has 1 N–H and O–H groups in total. The van der Waals surface area contributed by atoms with Crippen molar-refractivity contribution in [3.05, 3.63) is 28.6 Å². The first-order valence-corrected chi connectivity index (χ1v) is 7.25. The highest BCUT2D eigenvalue weighted by Gasteiger charge is 2.24. The number of pyridine rings is 1. The summed E-state index contributed by atoms with van der Waals surface area (Å²) in [5.41, 5.74) is -1.66. The Bertz CT molecular complexity index is 697. The van der Waals surface area contributed by atoms with Crippen LogP contribution in [0.2, 0.25) is 5.02 Å². The summed E-state index contributed by atoms with van der Waals surface area (Å²) in [5.74, 6) is -0.973. The van der Waals surface area contributed by atoms with Gasteiger partial charge >= 0.3 is 18.2 Å². The molecule has 0 saturated heterocycles. The molecule has 0 aliphatic carbocycles. The van der Waals surface area contributed by atoms with E-state index in [4.69, 9.17) is 16.3 Å². The van der Waals surface area contributed by atoms with Crippen LogP contribution >= 0.6 is 11.6 Å². The van der Waals surface area contributed by atoms with Crippen molar-refractivity contribution in [3.8, 4) is 0 Å². The summed E-state index contributed by atoms with van der Waals surface area (Å²) in [6.45, 7) is 4.87. The van der Waals surface area contributed by atoms with Crippen molar-refractivity contribution in [1.82, 2.24) is 4.98 Å². The Morgan fingerprint density at radius 3 is 2.36 bits per heavy atom. The van der Waals surface area contributed by atoms with Crippen LogP contribution in [0.25, 0.3) is 6.08 Å². The van der Waals surface area contributed by atoms with E-state index in [0.29, 0.717) is 6.08 Å². The molecule has 0 aliphatic heterocycles. The van der Waals surface area contributed by atoms with Gasteiger partial charge in [0.25, 0.3) is 0 Å². The third-order valence-electron chi connectivity index (χ3n) is 2.43. The molecule has 0 atom stereocenters. The van der Waals surface area contributed by atoms with Crippen LogP contribution in [0.15, 0.2) is 12.1 Å². The Balaban J connectivity index is 3.28. The molecule has 1 heterocycles. The van der Waals surface area contributed by atoms with E-state index in [2.05, 4.69) is 15.0 Å². The quantitative estimate of drug-likeness (QED) is 0.784. The normalized spacial score (nSPS) is 12.2. The highest BCUT2D eigenvalue weighted by molar-refractivity contribution is 6.36. The molecule has 0 aromatic carbocycles. The van der Waals surface area contributed by atoms with Crippen molar-refractivity contribution in [1.29, 1.82) is 0 Å². The highest BCUT2D eigenvalue weighted by atomic mass is 35.5. The van der Waals surface area contributed by atoms with E-state index in [-0.39, 0.29) is 22.5 Å². The Labute approximate surface area is 147 Å². The molecule has 25 heavy (non-hydrogen) atoms. The van der Waals surface area contributed by atoms with Crippen molar-refractivity contribution >= 4 is 35.4 Å². The van der Waals surface area contributed by atoms with Crippen molar-refractivity contribution in [3.63, 3.8) is 0 Å². The van der Waals surface area contributed by atoms with Crippen molar-refractivity contribution in [2.45, 2.75) is 32.5 Å². The lowest BCUT2D eigenvalue weighted by atomic mass is 10.2. The third kappa shape index (κ3) is 7.00. The van der Waals surface area contributed by atoms with E-state index < -0.39 is 29.5 Å². The third-order valence-corrected chi connectivity index (χ3v) is 2.82. The smallest absolute Gasteiger partial charge is 0.412 e. The Kier molecular flexibility index (Phi) is 6.42. The van der Waals surface area contributed by atoms with E-state index in [1.54, 1.807) is 20.8 Å². The van der Waals surface area contributed by atoms with E-state index in [1.807, 2.05) is 0 Å². The SMILES string of the molecule is COC(=O)c1nc(/C=C/C(F)(F)F)cc(NC(=O)OC(C)(C)C)c1Cl. The molecule has 0 unspecified atom stereocenters. The largest absolute Gasteiger partial charge is 0.464 e. The van der Waals surface area contributed by atoms with Crippen LogP contribution in [0.5, 0.6) is 0 Å². The van der Waals surface area contributed by atoms with Crippen LogP contribution in [0.3, 0.4) is 0 Å². The predicted molar refractivity (Wildman–Crippen MR) is 85.5 cm³/mol. The second-order valence-corrected chi connectivity index (χ2v) is 6.13. The van der Waals surface area contributed by atoms with Crippen LogP contribution < -0.4 is 5.32 Å². The number of hydrogen-bond donors (Lipinski definition) is 1. The molecule has 0 saturated carbocycles. The lowest BCUT2D eigenvalue weighted by Gasteiger charge is -2.20. The minimum absolute atomic E-state index is 0.0679. The highest BCUT2D eigenvalue weighted by Crippen LogP contribution is 2.28. The monoisotopic (exact) mass is 380 g/mol. The maximum absolute atomic E-state index is 12.3. The molecule has 0 bridgehead atoms. The molecule has 0 radical (unpaired) electrons. The summed E-state index contributed by atoms with van der Waals surface area (Å²) < 4.78 is 46.5. The molecule has 1 rings (SSSR count). The van der Waals surface area contributed by atoms with Gasteiger partial charge in [0.15, 0.2) is 5.69 Å². The van der Waals surface area contributed by atoms with Gasteiger partial charge in [-0.3, -0.25) is 5.32 Å². The van der Waals surface area contributed by atoms with Crippen LogP contribution in [0.4, 0.5) is 23.7 Å². The predicted octanol–water partition coefficient (Wildman–Crippen LogP) is 4.44. The minimum Gasteiger partial charge on any atom is -0.464 e. The van der Waals surface area contributed by atoms with Crippen LogP contribution in [0.1, 0.15) is 37.0 Å². The number of alkyl halides is 3. The lowest BCUT2D eigenvalue weighted by Crippen LogP contribution is -2.27. The number of esters is 1. The zero-order valence-corrected chi connectivity index (χ0v) is 14.6. The van der Waals surface area contributed by atoms with Gasteiger partial charge in [-0.15, -0.1) is 0 Å². The second kappa shape index (κ2) is 7.73. The minimum atomic E-state index is -4.58. The van der Waals surface area contributed by atoms with Gasteiger partial charge in [-0.05, 0) is 32.9 Å². The van der Waals surface area contributed by atoms with Gasteiger partial charge in [0.1, 0.15) is 5.60 Å². The fourth-order valence-corrected chi connectivity index (χ4v) is 1.77. The fraction of sp³-hybridized carbons (Fsp3) is 0.400. The zero-order valence-electron chi connectivity index (χ0n) is 13.8. The van der Waals surface area contributed by atoms with E-state index in [9.17, 15) is 22.8 Å². The standard InChI is InChI=1S/C15H16ClF3N2O4/c1-14(2,3)25-13(23)21-9-7-8(5-6-15(17,18)19)20-11(10(9)16)12(22)24-4/h5-7H,1-4H3,(H,20,21,23)/b6-5+. The van der Waals surface area contributed by atoms with E-state index in [0.717, 1.165) is 13.2 Å². The molecule has 1 aromatic rings. The number of rotatable bonds is 3. The molecule has 0 fully saturated rings. The number of aromatic nitrogens is 1. The number of carbonyl (C=O) groups is 2. The molecule has 6 nitrogen and oxygen atoms in total. The summed E-state index contributed by atoms with van der Waals surface area (Å²) in [6.07, 6.45) is -4.92. The van der Waals surface area contributed by atoms with Gasteiger partial charge < -0.3 is 9.47 Å². The summed E-state index contributed by atoms with van der Waals surface area (Å²) in [7, 11) is 1.06. The van der Waals surface area contributed by atoms with Gasteiger partial charge in [0.2, 0.25) is 0 Å². The molecular weight excluding hydrogens is 365 g/mol. The lowest BCUT2D eigenvalue weighted by molar-refractivity contribution is -0.0790. The van der Waals surface area contributed by atoms with Crippen LogP contribution in [-0.4, -0.2) is 35.9 Å². The summed E-state index contributed by atoms with van der Waals surface area (Å²) in [6, 6.07) is 1.07. The average molecular weight is 381 g/mol. The maximum Gasteiger partial charge on any atom is 0.412 e. The average Bonchev–Trinajstić information content (AvgIpc) is 2.44. The number of carbonyl (C=O) groups excluding carboxylic acids is 2. The number of methoxy groups -OCH3 is 1. The number of nitrogens with one attached hydrogen (secondary N) is 1. The molecule has 0 aliphatic rings. The zero-order chi connectivity index (χ0) is 19.4.